The summed E-state index contributed by atoms with van der Waals surface area (Å²) in [6.07, 6.45) is -2.48. The van der Waals surface area contributed by atoms with Crippen molar-refractivity contribution in [3.05, 3.63) is 18.0 Å². The molecule has 0 amide bonds. The van der Waals surface area contributed by atoms with Crippen molar-refractivity contribution >= 4 is 11.4 Å². The number of nitrogen functional groups attached to an aromatic ring is 1. The van der Waals surface area contributed by atoms with E-state index in [0.717, 1.165) is 12.3 Å². The first-order chi connectivity index (χ1) is 8.72. The molecule has 1 rings (SSSR count). The zero-order valence-electron chi connectivity index (χ0n) is 10.9. The summed E-state index contributed by atoms with van der Waals surface area (Å²) in [6.45, 7) is 3.63. The van der Waals surface area contributed by atoms with Gasteiger partial charge in [-0.05, 0) is 25.8 Å². The highest BCUT2D eigenvalue weighted by Gasteiger charge is 2.33. The highest BCUT2D eigenvalue weighted by molar-refractivity contribution is 5.66. The molecule has 1 heterocycles. The van der Waals surface area contributed by atoms with Gasteiger partial charge in [-0.25, -0.2) is 4.98 Å². The molecule has 1 atom stereocenters. The smallest absolute Gasteiger partial charge is 0.396 e. The molecule has 1 aromatic rings. The number of aliphatic hydroxyl groups excluding tert-OH is 1. The van der Waals surface area contributed by atoms with Crippen LogP contribution in [0.25, 0.3) is 0 Å². The number of alkyl halides is 3. The lowest BCUT2D eigenvalue weighted by Gasteiger charge is -2.31. The Hall–Kier alpha value is -1.50. The lowest BCUT2D eigenvalue weighted by atomic mass is 9.94. The van der Waals surface area contributed by atoms with E-state index in [9.17, 15) is 13.2 Å². The van der Waals surface area contributed by atoms with Crippen molar-refractivity contribution in [2.24, 2.45) is 0 Å². The van der Waals surface area contributed by atoms with Crippen LogP contribution in [0.5, 0.6) is 0 Å². The van der Waals surface area contributed by atoms with Crippen LogP contribution in [0.2, 0.25) is 0 Å². The summed E-state index contributed by atoms with van der Waals surface area (Å²) in [5, 5.41) is 12.0. The van der Waals surface area contributed by atoms with Crippen molar-refractivity contribution in [2.45, 2.75) is 38.4 Å². The molecule has 1 aromatic heterocycles. The van der Waals surface area contributed by atoms with Crippen molar-refractivity contribution < 1.29 is 18.3 Å². The van der Waals surface area contributed by atoms with E-state index >= 15 is 0 Å². The second-order valence-corrected chi connectivity index (χ2v) is 4.67. The number of nitrogens with two attached hydrogens (primary N) is 1. The molecule has 1 unspecified atom stereocenters. The van der Waals surface area contributed by atoms with Gasteiger partial charge in [-0.3, -0.25) is 0 Å². The molecule has 4 N–H and O–H groups in total. The monoisotopic (exact) mass is 277 g/mol. The van der Waals surface area contributed by atoms with Crippen LogP contribution in [-0.4, -0.2) is 22.2 Å². The Labute approximate surface area is 109 Å². The van der Waals surface area contributed by atoms with Crippen molar-refractivity contribution in [3.8, 4) is 0 Å². The topological polar surface area (TPSA) is 71.2 Å². The first-order valence-electron chi connectivity index (χ1n) is 5.93. The van der Waals surface area contributed by atoms with E-state index in [2.05, 4.69) is 10.3 Å². The van der Waals surface area contributed by atoms with Crippen LogP contribution in [0.15, 0.2) is 12.3 Å². The van der Waals surface area contributed by atoms with Gasteiger partial charge in [-0.2, -0.15) is 13.2 Å². The predicted molar refractivity (Wildman–Crippen MR) is 67.7 cm³/mol. The Bertz CT molecular complexity index is 437. The highest BCUT2D eigenvalue weighted by atomic mass is 19.4. The molecule has 0 aliphatic heterocycles. The van der Waals surface area contributed by atoms with Crippen molar-refractivity contribution in [1.82, 2.24) is 4.98 Å². The van der Waals surface area contributed by atoms with E-state index in [4.69, 9.17) is 10.8 Å². The molecule has 108 valence electrons. The van der Waals surface area contributed by atoms with Crippen LogP contribution in [0, 0.1) is 0 Å². The summed E-state index contributed by atoms with van der Waals surface area (Å²) in [4.78, 5) is 3.27. The van der Waals surface area contributed by atoms with Gasteiger partial charge in [0, 0.05) is 12.1 Å². The number of anilines is 2. The first kappa shape index (κ1) is 15.6. The van der Waals surface area contributed by atoms with Gasteiger partial charge in [-0.15, -0.1) is 0 Å². The number of halogens is 3. The van der Waals surface area contributed by atoms with E-state index < -0.39 is 17.4 Å². The minimum atomic E-state index is -4.51. The fraction of sp³-hybridized carbons (Fsp3) is 0.583. The van der Waals surface area contributed by atoms with E-state index in [1.54, 1.807) is 0 Å². The highest BCUT2D eigenvalue weighted by Crippen LogP contribution is 2.33. The summed E-state index contributed by atoms with van der Waals surface area (Å²) in [6, 6.07) is 0.890. The molecule has 0 radical (unpaired) electrons. The SMILES string of the molecule is CCC(C)(CCO)Nc1cc(C(F)(F)F)ncc1N. The number of aliphatic hydroxyl groups is 1. The second-order valence-electron chi connectivity index (χ2n) is 4.67. The molecule has 0 saturated carbocycles. The maximum atomic E-state index is 12.6. The van der Waals surface area contributed by atoms with Gasteiger partial charge in [0.15, 0.2) is 0 Å². The summed E-state index contributed by atoms with van der Waals surface area (Å²) < 4.78 is 37.8. The molecule has 0 saturated heterocycles. The molecule has 7 heteroatoms. The normalized spacial score (nSPS) is 15.1. The van der Waals surface area contributed by atoms with Gasteiger partial charge >= 0.3 is 6.18 Å². The number of nitrogens with zero attached hydrogens (tertiary/aromatic N) is 1. The zero-order valence-corrected chi connectivity index (χ0v) is 10.9. The van der Waals surface area contributed by atoms with E-state index in [1.807, 2.05) is 13.8 Å². The van der Waals surface area contributed by atoms with Crippen LogP contribution in [0.3, 0.4) is 0 Å². The fourth-order valence-electron chi connectivity index (χ4n) is 1.63. The van der Waals surface area contributed by atoms with Gasteiger partial charge < -0.3 is 16.2 Å². The standard InChI is InChI=1S/C12H18F3N3O/c1-3-11(2,4-5-19)18-9-6-10(12(13,14)15)17-7-8(9)16/h6-7,19H,3-5,16H2,1-2H3,(H,17,18). The Morgan fingerprint density at radius 3 is 2.53 bits per heavy atom. The van der Waals surface area contributed by atoms with Crippen molar-refractivity contribution in [2.75, 3.05) is 17.7 Å². The summed E-state index contributed by atoms with van der Waals surface area (Å²) >= 11 is 0. The molecule has 0 aliphatic rings. The minimum absolute atomic E-state index is 0.0611. The van der Waals surface area contributed by atoms with Gasteiger partial charge in [-0.1, -0.05) is 6.92 Å². The molecular weight excluding hydrogens is 259 g/mol. The molecule has 0 aromatic carbocycles. The van der Waals surface area contributed by atoms with Gasteiger partial charge in [0.1, 0.15) is 5.69 Å². The number of rotatable bonds is 5. The van der Waals surface area contributed by atoms with E-state index in [-0.39, 0.29) is 18.0 Å². The largest absolute Gasteiger partial charge is 0.433 e. The molecular formula is C12H18F3N3O. The molecule has 4 nitrogen and oxygen atoms in total. The zero-order chi connectivity index (χ0) is 14.7. The summed E-state index contributed by atoms with van der Waals surface area (Å²) in [7, 11) is 0. The quantitative estimate of drug-likeness (QED) is 0.773. The Morgan fingerprint density at radius 2 is 2.05 bits per heavy atom. The van der Waals surface area contributed by atoms with Crippen LogP contribution in [-0.2, 0) is 6.18 Å². The average molecular weight is 277 g/mol. The third kappa shape index (κ3) is 3.99. The van der Waals surface area contributed by atoms with Crippen LogP contribution >= 0.6 is 0 Å². The first-order valence-corrected chi connectivity index (χ1v) is 5.93. The van der Waals surface area contributed by atoms with Gasteiger partial charge in [0.25, 0.3) is 0 Å². The van der Waals surface area contributed by atoms with Crippen molar-refractivity contribution in [1.29, 1.82) is 0 Å². The number of nitrogens with one attached hydrogen (secondary N) is 1. The number of hydrogen-bond donors (Lipinski definition) is 3. The maximum absolute atomic E-state index is 12.6. The number of pyridine rings is 1. The lowest BCUT2D eigenvalue weighted by molar-refractivity contribution is -0.141. The average Bonchev–Trinajstić information content (AvgIpc) is 2.31. The van der Waals surface area contributed by atoms with Gasteiger partial charge in [0.05, 0.1) is 17.6 Å². The van der Waals surface area contributed by atoms with Crippen LogP contribution in [0.1, 0.15) is 32.4 Å². The lowest BCUT2D eigenvalue weighted by Crippen LogP contribution is -2.35. The second kappa shape index (κ2) is 5.64. The maximum Gasteiger partial charge on any atom is 0.433 e. The number of hydrogen-bond acceptors (Lipinski definition) is 4. The van der Waals surface area contributed by atoms with Gasteiger partial charge in [0.2, 0.25) is 0 Å². The minimum Gasteiger partial charge on any atom is -0.396 e. The van der Waals surface area contributed by atoms with Crippen LogP contribution < -0.4 is 11.1 Å². The van der Waals surface area contributed by atoms with E-state index in [0.29, 0.717) is 12.8 Å². The summed E-state index contributed by atoms with van der Waals surface area (Å²) in [5.74, 6) is 0. The Balaban J connectivity index is 3.06. The molecule has 0 bridgehead atoms. The van der Waals surface area contributed by atoms with E-state index in [1.165, 1.54) is 0 Å². The Kier molecular flexibility index (Phi) is 4.62. The third-order valence-electron chi connectivity index (χ3n) is 3.11. The third-order valence-corrected chi connectivity index (χ3v) is 3.11. The molecule has 0 aliphatic carbocycles. The van der Waals surface area contributed by atoms with Crippen LogP contribution in [0.4, 0.5) is 24.5 Å². The molecule has 0 spiro atoms. The summed E-state index contributed by atoms with van der Waals surface area (Å²) in [5.41, 5.74) is 4.45. The fourth-order valence-corrected chi connectivity index (χ4v) is 1.63. The molecule has 0 fully saturated rings. The predicted octanol–water partition coefficient (Wildman–Crippen LogP) is 2.65. The number of aromatic nitrogens is 1. The molecule has 19 heavy (non-hydrogen) atoms. The Morgan fingerprint density at radius 1 is 1.42 bits per heavy atom. The van der Waals surface area contributed by atoms with Crippen molar-refractivity contribution in [3.63, 3.8) is 0 Å².